The van der Waals surface area contributed by atoms with E-state index in [0.717, 1.165) is 11.4 Å². The molecule has 0 amide bonds. The molecule has 96 valence electrons. The van der Waals surface area contributed by atoms with Crippen LogP contribution >= 0.6 is 11.6 Å². The first-order valence-electron chi connectivity index (χ1n) is 5.55. The van der Waals surface area contributed by atoms with Crippen molar-refractivity contribution in [3.05, 3.63) is 41.6 Å². The number of anilines is 2. The zero-order valence-electron chi connectivity index (χ0n) is 10.0. The van der Waals surface area contributed by atoms with Crippen molar-refractivity contribution in [1.29, 1.82) is 0 Å². The van der Waals surface area contributed by atoms with Crippen molar-refractivity contribution in [1.82, 2.24) is 19.8 Å². The van der Waals surface area contributed by atoms with Crippen LogP contribution in [0.2, 0.25) is 5.15 Å². The molecule has 2 heterocycles. The average molecular weight is 276 g/mol. The highest BCUT2D eigenvalue weighted by Crippen LogP contribution is 2.20. The van der Waals surface area contributed by atoms with Crippen LogP contribution in [-0.4, -0.2) is 26.9 Å². The summed E-state index contributed by atoms with van der Waals surface area (Å²) in [5.74, 6) is 1.25. The molecule has 6 nitrogen and oxygen atoms in total. The Balaban J connectivity index is 1.98. The largest absolute Gasteiger partial charge is 0.497 e. The van der Waals surface area contributed by atoms with E-state index in [1.807, 2.05) is 24.3 Å². The van der Waals surface area contributed by atoms with Crippen LogP contribution in [0.5, 0.6) is 5.75 Å². The maximum atomic E-state index is 5.86. The highest BCUT2D eigenvalue weighted by atomic mass is 35.5. The van der Waals surface area contributed by atoms with Crippen LogP contribution in [-0.2, 0) is 0 Å². The maximum Gasteiger partial charge on any atom is 0.250 e. The molecular weight excluding hydrogens is 266 g/mol. The molecule has 0 atom stereocenters. The number of aromatic nitrogens is 4. The Morgan fingerprint density at radius 3 is 2.95 bits per heavy atom. The van der Waals surface area contributed by atoms with E-state index >= 15 is 0 Å². The summed E-state index contributed by atoms with van der Waals surface area (Å²) >= 11 is 5.86. The Labute approximate surface area is 114 Å². The molecule has 3 aromatic rings. The number of hydrogen-bond donors (Lipinski definition) is 1. The van der Waals surface area contributed by atoms with Crippen molar-refractivity contribution in [2.75, 3.05) is 12.4 Å². The van der Waals surface area contributed by atoms with Crippen LogP contribution in [0.1, 0.15) is 0 Å². The van der Waals surface area contributed by atoms with Crippen LogP contribution < -0.4 is 10.1 Å². The molecule has 1 aromatic carbocycles. The van der Waals surface area contributed by atoms with Gasteiger partial charge in [0.25, 0.3) is 0 Å². The fourth-order valence-corrected chi connectivity index (χ4v) is 1.81. The first-order valence-corrected chi connectivity index (χ1v) is 5.93. The van der Waals surface area contributed by atoms with Gasteiger partial charge in [0.2, 0.25) is 5.95 Å². The molecule has 0 aliphatic rings. The molecule has 1 N–H and O–H groups in total. The molecular formula is C12H10ClN5O. The summed E-state index contributed by atoms with van der Waals surface area (Å²) in [5, 5.41) is 15.7. The summed E-state index contributed by atoms with van der Waals surface area (Å²) in [5.41, 5.74) is 1.45. The van der Waals surface area contributed by atoms with Crippen LogP contribution in [0.25, 0.3) is 5.65 Å². The maximum absolute atomic E-state index is 5.86. The van der Waals surface area contributed by atoms with Gasteiger partial charge in [-0.15, -0.1) is 10.2 Å². The van der Waals surface area contributed by atoms with Gasteiger partial charge in [-0.1, -0.05) is 17.7 Å². The van der Waals surface area contributed by atoms with Gasteiger partial charge in [-0.3, -0.25) is 0 Å². The number of halogens is 1. The Morgan fingerprint density at radius 1 is 1.21 bits per heavy atom. The lowest BCUT2D eigenvalue weighted by Gasteiger charge is -2.05. The standard InChI is InChI=1S/C12H10ClN5O/c1-19-9-4-2-3-8(7-9)14-12-16-15-11-6-5-10(13)17-18(11)12/h2-7H,1H3,(H,14,16). The minimum atomic E-state index is 0.376. The Morgan fingerprint density at radius 2 is 2.11 bits per heavy atom. The molecule has 0 saturated heterocycles. The van der Waals surface area contributed by atoms with Gasteiger partial charge in [0.1, 0.15) is 10.9 Å². The summed E-state index contributed by atoms with van der Waals surface area (Å²) in [6, 6.07) is 10.9. The molecule has 0 radical (unpaired) electrons. The summed E-state index contributed by atoms with van der Waals surface area (Å²) in [4.78, 5) is 0. The van der Waals surface area contributed by atoms with E-state index in [0.29, 0.717) is 16.7 Å². The van der Waals surface area contributed by atoms with Crippen LogP contribution in [0, 0.1) is 0 Å². The first-order chi connectivity index (χ1) is 9.26. The average Bonchev–Trinajstić information content (AvgIpc) is 2.81. The van der Waals surface area contributed by atoms with Crippen molar-refractivity contribution in [2.24, 2.45) is 0 Å². The predicted molar refractivity (Wildman–Crippen MR) is 72.1 cm³/mol. The number of ether oxygens (including phenoxy) is 1. The predicted octanol–water partition coefficient (Wildman–Crippen LogP) is 2.53. The summed E-state index contributed by atoms with van der Waals surface area (Å²) in [6.07, 6.45) is 0. The second-order valence-corrected chi connectivity index (χ2v) is 4.19. The van der Waals surface area contributed by atoms with Crippen LogP contribution in [0.15, 0.2) is 36.4 Å². The second kappa shape index (κ2) is 4.74. The molecule has 0 bridgehead atoms. The highest BCUT2D eigenvalue weighted by molar-refractivity contribution is 6.29. The van der Waals surface area contributed by atoms with Crippen molar-refractivity contribution in [3.63, 3.8) is 0 Å². The second-order valence-electron chi connectivity index (χ2n) is 3.81. The number of fused-ring (bicyclic) bond motifs is 1. The SMILES string of the molecule is COc1cccc(Nc2nnc3ccc(Cl)nn23)c1. The fourth-order valence-electron chi connectivity index (χ4n) is 1.67. The van der Waals surface area contributed by atoms with Crippen molar-refractivity contribution in [2.45, 2.75) is 0 Å². The first kappa shape index (κ1) is 11.7. The molecule has 0 aliphatic heterocycles. The molecule has 0 aliphatic carbocycles. The lowest BCUT2D eigenvalue weighted by molar-refractivity contribution is 0.415. The van der Waals surface area contributed by atoms with E-state index in [-0.39, 0.29) is 0 Å². The van der Waals surface area contributed by atoms with Crippen LogP contribution in [0.4, 0.5) is 11.6 Å². The third kappa shape index (κ3) is 2.30. The lowest BCUT2D eigenvalue weighted by atomic mass is 10.3. The van der Waals surface area contributed by atoms with Crippen molar-refractivity contribution < 1.29 is 4.74 Å². The molecule has 0 saturated carbocycles. The van der Waals surface area contributed by atoms with Gasteiger partial charge < -0.3 is 10.1 Å². The topological polar surface area (TPSA) is 64.3 Å². The highest BCUT2D eigenvalue weighted by Gasteiger charge is 2.07. The molecule has 0 fully saturated rings. The summed E-state index contributed by atoms with van der Waals surface area (Å²) < 4.78 is 6.70. The van der Waals surface area contributed by atoms with E-state index in [4.69, 9.17) is 16.3 Å². The molecule has 2 aromatic heterocycles. The zero-order valence-corrected chi connectivity index (χ0v) is 10.8. The van der Waals surface area contributed by atoms with E-state index in [2.05, 4.69) is 20.6 Å². The number of hydrogen-bond acceptors (Lipinski definition) is 5. The summed E-state index contributed by atoms with van der Waals surface area (Å²) in [6.45, 7) is 0. The Kier molecular flexibility index (Phi) is 2.92. The minimum absolute atomic E-state index is 0.376. The lowest BCUT2D eigenvalue weighted by Crippen LogP contribution is -2.00. The third-order valence-corrected chi connectivity index (χ3v) is 2.76. The molecule has 7 heteroatoms. The van der Waals surface area contributed by atoms with Gasteiger partial charge in [0.05, 0.1) is 7.11 Å². The Bertz CT molecular complexity index is 727. The molecule has 19 heavy (non-hydrogen) atoms. The van der Waals surface area contributed by atoms with E-state index < -0.39 is 0 Å². The monoisotopic (exact) mass is 275 g/mol. The number of nitrogens with one attached hydrogen (secondary N) is 1. The van der Waals surface area contributed by atoms with Crippen molar-refractivity contribution in [3.8, 4) is 5.75 Å². The van der Waals surface area contributed by atoms with Gasteiger partial charge in [0.15, 0.2) is 5.65 Å². The Hall–Kier alpha value is -2.34. The number of methoxy groups -OCH3 is 1. The van der Waals surface area contributed by atoms with Crippen molar-refractivity contribution >= 4 is 28.9 Å². The van der Waals surface area contributed by atoms with E-state index in [1.165, 1.54) is 0 Å². The number of nitrogens with zero attached hydrogens (tertiary/aromatic N) is 4. The molecule has 3 rings (SSSR count). The van der Waals surface area contributed by atoms with Gasteiger partial charge in [-0.2, -0.15) is 9.61 Å². The quantitative estimate of drug-likeness (QED) is 0.796. The smallest absolute Gasteiger partial charge is 0.250 e. The van der Waals surface area contributed by atoms with Gasteiger partial charge in [-0.05, 0) is 24.3 Å². The molecule has 0 unspecified atom stereocenters. The fraction of sp³-hybridized carbons (Fsp3) is 0.0833. The van der Waals surface area contributed by atoms with Crippen LogP contribution in [0.3, 0.4) is 0 Å². The minimum Gasteiger partial charge on any atom is -0.497 e. The third-order valence-electron chi connectivity index (χ3n) is 2.56. The van der Waals surface area contributed by atoms with Gasteiger partial charge >= 0.3 is 0 Å². The molecule has 0 spiro atoms. The normalized spacial score (nSPS) is 10.6. The summed E-state index contributed by atoms with van der Waals surface area (Å²) in [7, 11) is 1.62. The number of rotatable bonds is 3. The zero-order chi connectivity index (χ0) is 13.2. The number of benzene rings is 1. The van der Waals surface area contributed by atoms with E-state index in [9.17, 15) is 0 Å². The van der Waals surface area contributed by atoms with E-state index in [1.54, 1.807) is 23.8 Å². The van der Waals surface area contributed by atoms with Gasteiger partial charge in [-0.25, -0.2) is 0 Å². The van der Waals surface area contributed by atoms with Gasteiger partial charge in [0, 0.05) is 11.8 Å².